The molecule has 1 fully saturated rings. The van der Waals surface area contributed by atoms with Crippen molar-refractivity contribution >= 4 is 38.1 Å². The van der Waals surface area contributed by atoms with E-state index in [9.17, 15) is 19.1 Å². The highest BCUT2D eigenvalue weighted by Gasteiger charge is 2.26. The van der Waals surface area contributed by atoms with Gasteiger partial charge >= 0.3 is 6.03 Å². The van der Waals surface area contributed by atoms with Crippen molar-refractivity contribution in [2.75, 3.05) is 29.9 Å². The van der Waals surface area contributed by atoms with Gasteiger partial charge < -0.3 is 4.90 Å². The van der Waals surface area contributed by atoms with Crippen LogP contribution < -0.4 is 5.32 Å². The first-order valence-corrected chi connectivity index (χ1v) is 13.6. The quantitative estimate of drug-likeness (QED) is 0.564. The molecule has 3 aromatic rings. The molecule has 1 saturated heterocycles. The highest BCUT2D eigenvalue weighted by atomic mass is 32.2. The fourth-order valence-electron chi connectivity index (χ4n) is 3.89. The second-order valence-corrected chi connectivity index (χ2v) is 11.8. The Balaban J connectivity index is 1.64. The van der Waals surface area contributed by atoms with Crippen molar-refractivity contribution in [2.24, 2.45) is 4.36 Å². The molecule has 0 radical (unpaired) electrons. The maximum absolute atomic E-state index is 12.9. The van der Waals surface area contributed by atoms with Crippen LogP contribution in [0.15, 0.2) is 40.8 Å². The molecular formula is C24H24N6O3S2. The highest BCUT2D eigenvalue weighted by molar-refractivity contribution is 7.94. The minimum Gasteiger partial charge on any atom is -0.323 e. The monoisotopic (exact) mass is 508 g/mol. The summed E-state index contributed by atoms with van der Waals surface area (Å²) >= 11 is 1.34. The van der Waals surface area contributed by atoms with Gasteiger partial charge in [0.05, 0.1) is 43.4 Å². The Morgan fingerprint density at radius 3 is 2.43 bits per heavy atom. The number of amides is 3. The van der Waals surface area contributed by atoms with Crippen LogP contribution in [0.3, 0.4) is 0 Å². The zero-order valence-corrected chi connectivity index (χ0v) is 21.2. The van der Waals surface area contributed by atoms with E-state index in [-0.39, 0.29) is 30.6 Å². The second-order valence-electron chi connectivity index (χ2n) is 8.24. The van der Waals surface area contributed by atoms with Crippen LogP contribution in [-0.4, -0.2) is 55.6 Å². The molecule has 1 aliphatic heterocycles. The summed E-state index contributed by atoms with van der Waals surface area (Å²) in [5.41, 5.74) is 4.60. The summed E-state index contributed by atoms with van der Waals surface area (Å²) in [4.78, 5) is 35.8. The summed E-state index contributed by atoms with van der Waals surface area (Å²) in [7, 11) is -2.61. The first-order chi connectivity index (χ1) is 16.7. The van der Waals surface area contributed by atoms with Gasteiger partial charge in [0.1, 0.15) is 0 Å². The van der Waals surface area contributed by atoms with Crippen LogP contribution in [0.25, 0.3) is 21.7 Å². The highest BCUT2D eigenvalue weighted by Crippen LogP contribution is 2.39. The summed E-state index contributed by atoms with van der Waals surface area (Å²) in [6.07, 6.45) is 0. The number of benzene rings is 1. The topological polar surface area (TPSA) is 128 Å². The SMILES string of the molecule is CC(=O)N=S1(=O)CCN(C(=O)Nc2nc(-c3cccc(C#N)c3)c(-c3cc(C)nc(C)c3)s2)CC1. The third-order valence-electron chi connectivity index (χ3n) is 5.39. The van der Waals surface area contributed by atoms with Crippen LogP contribution in [0.2, 0.25) is 0 Å². The number of carbonyl (C=O) groups is 2. The number of carbonyl (C=O) groups excluding carboxylic acids is 2. The predicted octanol–water partition coefficient (Wildman–Crippen LogP) is 4.22. The molecule has 0 bridgehead atoms. The van der Waals surface area contributed by atoms with Gasteiger partial charge in [0, 0.05) is 37.0 Å². The molecule has 11 heteroatoms. The Bertz CT molecular complexity index is 1450. The predicted molar refractivity (Wildman–Crippen MR) is 137 cm³/mol. The van der Waals surface area contributed by atoms with Crippen molar-refractivity contribution < 1.29 is 13.8 Å². The van der Waals surface area contributed by atoms with Crippen molar-refractivity contribution in [3.8, 4) is 27.8 Å². The first-order valence-electron chi connectivity index (χ1n) is 10.9. The van der Waals surface area contributed by atoms with Crippen molar-refractivity contribution in [2.45, 2.75) is 20.8 Å². The summed E-state index contributed by atoms with van der Waals surface area (Å²) in [5.74, 6) is -0.145. The third-order valence-corrected chi connectivity index (χ3v) is 8.64. The molecule has 0 aliphatic carbocycles. The van der Waals surface area contributed by atoms with Crippen LogP contribution in [0.1, 0.15) is 23.9 Å². The molecule has 0 unspecified atom stereocenters. The Hall–Kier alpha value is -3.62. The van der Waals surface area contributed by atoms with Crippen LogP contribution in [0.5, 0.6) is 0 Å². The summed E-state index contributed by atoms with van der Waals surface area (Å²) in [5, 5.41) is 12.6. The molecular weight excluding hydrogens is 484 g/mol. The van der Waals surface area contributed by atoms with E-state index in [1.54, 1.807) is 23.1 Å². The van der Waals surface area contributed by atoms with Gasteiger partial charge in [0.25, 0.3) is 5.91 Å². The van der Waals surface area contributed by atoms with E-state index in [0.29, 0.717) is 16.4 Å². The van der Waals surface area contributed by atoms with Gasteiger partial charge in [0.2, 0.25) is 0 Å². The number of rotatable bonds is 3. The Labute approximate surface area is 208 Å². The van der Waals surface area contributed by atoms with Gasteiger partial charge in [0.15, 0.2) is 5.13 Å². The number of aromatic nitrogens is 2. The van der Waals surface area contributed by atoms with Crippen LogP contribution in [0, 0.1) is 25.2 Å². The van der Waals surface area contributed by atoms with Gasteiger partial charge in [-0.15, -0.1) is 0 Å². The summed E-state index contributed by atoms with van der Waals surface area (Å²) < 4.78 is 16.4. The van der Waals surface area contributed by atoms with Crippen LogP contribution >= 0.6 is 11.3 Å². The average molecular weight is 509 g/mol. The van der Waals surface area contributed by atoms with Gasteiger partial charge in [-0.1, -0.05) is 23.5 Å². The van der Waals surface area contributed by atoms with E-state index in [0.717, 1.165) is 27.4 Å². The fraction of sp³-hybridized carbons (Fsp3) is 0.292. The molecule has 35 heavy (non-hydrogen) atoms. The number of nitriles is 1. The Morgan fingerprint density at radius 1 is 1.11 bits per heavy atom. The second kappa shape index (κ2) is 9.93. The Kier molecular flexibility index (Phi) is 6.95. The van der Waals surface area contributed by atoms with Crippen LogP contribution in [0.4, 0.5) is 9.93 Å². The van der Waals surface area contributed by atoms with Gasteiger partial charge in [-0.25, -0.2) is 14.0 Å². The number of hydrogen-bond donors (Lipinski definition) is 1. The molecule has 2 aromatic heterocycles. The summed E-state index contributed by atoms with van der Waals surface area (Å²) in [6, 6.07) is 12.9. The lowest BCUT2D eigenvalue weighted by Crippen LogP contribution is -2.45. The van der Waals surface area contributed by atoms with Gasteiger partial charge in [-0.05, 0) is 43.7 Å². The summed E-state index contributed by atoms with van der Waals surface area (Å²) in [6.45, 7) is 5.59. The number of thiazole rings is 1. The molecule has 3 amide bonds. The largest absolute Gasteiger partial charge is 0.323 e. The van der Waals surface area contributed by atoms with Gasteiger partial charge in [-0.2, -0.15) is 9.62 Å². The number of urea groups is 1. The van der Waals surface area contributed by atoms with E-state index in [1.165, 1.54) is 18.3 Å². The average Bonchev–Trinajstić information content (AvgIpc) is 3.22. The first kappa shape index (κ1) is 24.5. The minimum absolute atomic E-state index is 0.158. The number of anilines is 1. The molecule has 1 N–H and O–H groups in total. The maximum Gasteiger partial charge on any atom is 0.323 e. The number of pyridine rings is 1. The lowest BCUT2D eigenvalue weighted by Gasteiger charge is -2.28. The molecule has 180 valence electrons. The van der Waals surface area contributed by atoms with Crippen molar-refractivity contribution in [3.63, 3.8) is 0 Å². The maximum atomic E-state index is 12.9. The zero-order chi connectivity index (χ0) is 25.2. The molecule has 4 rings (SSSR count). The standard InChI is InChI=1S/C24H24N6O3S2/c1-15-11-20(12-16(2)26-15)22-21(19-6-4-5-18(13-19)14-25)27-23(34-22)28-24(32)30-7-9-35(33,10-8-30)29-17(3)31/h4-6,11-13H,7-10H2,1-3H3,(H,27,28,32). The molecule has 3 heterocycles. The molecule has 0 atom stereocenters. The van der Waals surface area contributed by atoms with E-state index in [2.05, 4.69) is 20.7 Å². The van der Waals surface area contributed by atoms with E-state index >= 15 is 0 Å². The number of nitrogens with zero attached hydrogens (tertiary/aromatic N) is 5. The van der Waals surface area contributed by atoms with Crippen molar-refractivity contribution in [3.05, 3.63) is 53.3 Å². The third kappa shape index (κ3) is 5.72. The number of aryl methyl sites for hydroxylation is 2. The lowest BCUT2D eigenvalue weighted by atomic mass is 10.0. The van der Waals surface area contributed by atoms with Crippen LogP contribution in [-0.2, 0) is 14.5 Å². The minimum atomic E-state index is -2.61. The number of hydrogen-bond acceptors (Lipinski definition) is 7. The van der Waals surface area contributed by atoms with Gasteiger partial charge in [-0.3, -0.25) is 15.1 Å². The van der Waals surface area contributed by atoms with Crippen molar-refractivity contribution in [1.82, 2.24) is 14.9 Å². The number of nitrogens with one attached hydrogen (secondary N) is 1. The molecule has 0 spiro atoms. The lowest BCUT2D eigenvalue weighted by molar-refractivity contribution is -0.115. The molecule has 0 saturated carbocycles. The van der Waals surface area contributed by atoms with Crippen molar-refractivity contribution in [1.29, 1.82) is 5.26 Å². The molecule has 1 aliphatic rings. The molecule has 1 aromatic carbocycles. The van der Waals surface area contributed by atoms with E-state index in [1.807, 2.05) is 32.0 Å². The normalized spacial score (nSPS) is 14.7. The van der Waals surface area contributed by atoms with E-state index in [4.69, 9.17) is 4.98 Å². The smallest absolute Gasteiger partial charge is 0.323 e. The fourth-order valence-corrected chi connectivity index (χ4v) is 6.72. The van der Waals surface area contributed by atoms with E-state index < -0.39 is 15.6 Å². The zero-order valence-electron chi connectivity index (χ0n) is 19.6. The Morgan fingerprint density at radius 2 is 1.80 bits per heavy atom. The molecule has 9 nitrogen and oxygen atoms in total.